The molecule has 14 heavy (non-hydrogen) atoms. The molecular formula is C9H18N2O3. The smallest absolute Gasteiger partial charge is 0.409 e. The standard InChI is InChI=1S/C9H18N2O3/c1-11(9(12)13-2)7-3-5-8(14-10)6-4-7/h7-8H,3-6,10H2,1-2H3. The van der Waals surface area contributed by atoms with Gasteiger partial charge < -0.3 is 14.5 Å². The largest absolute Gasteiger partial charge is 0.453 e. The van der Waals surface area contributed by atoms with Crippen molar-refractivity contribution in [3.63, 3.8) is 0 Å². The van der Waals surface area contributed by atoms with E-state index in [4.69, 9.17) is 10.7 Å². The number of amides is 1. The van der Waals surface area contributed by atoms with Crippen LogP contribution in [0.2, 0.25) is 0 Å². The average Bonchev–Trinajstić information content (AvgIpc) is 2.27. The van der Waals surface area contributed by atoms with Gasteiger partial charge in [0, 0.05) is 13.1 Å². The first-order chi connectivity index (χ1) is 6.69. The molecule has 0 aliphatic heterocycles. The maximum atomic E-state index is 11.2. The molecule has 0 saturated heterocycles. The van der Waals surface area contributed by atoms with Gasteiger partial charge in [0.1, 0.15) is 0 Å². The fourth-order valence-electron chi connectivity index (χ4n) is 1.86. The second kappa shape index (κ2) is 5.17. The highest BCUT2D eigenvalue weighted by atomic mass is 16.6. The highest BCUT2D eigenvalue weighted by Crippen LogP contribution is 2.23. The van der Waals surface area contributed by atoms with Crippen molar-refractivity contribution < 1.29 is 14.4 Å². The predicted octanol–water partition coefficient (Wildman–Crippen LogP) is 0.886. The zero-order valence-corrected chi connectivity index (χ0v) is 8.73. The molecule has 5 nitrogen and oxygen atoms in total. The lowest BCUT2D eigenvalue weighted by atomic mass is 9.92. The maximum Gasteiger partial charge on any atom is 0.409 e. The van der Waals surface area contributed by atoms with Crippen molar-refractivity contribution in [2.75, 3.05) is 14.2 Å². The molecule has 0 atom stereocenters. The van der Waals surface area contributed by atoms with Crippen molar-refractivity contribution in [2.45, 2.75) is 37.8 Å². The third-order valence-corrected chi connectivity index (χ3v) is 2.85. The molecule has 1 aliphatic carbocycles. The molecule has 2 N–H and O–H groups in total. The molecule has 0 radical (unpaired) electrons. The molecule has 0 spiro atoms. The van der Waals surface area contributed by atoms with Gasteiger partial charge in [-0.1, -0.05) is 0 Å². The molecule has 0 bridgehead atoms. The summed E-state index contributed by atoms with van der Waals surface area (Å²) in [6, 6.07) is 0.258. The highest BCUT2D eigenvalue weighted by Gasteiger charge is 2.26. The van der Waals surface area contributed by atoms with E-state index in [9.17, 15) is 4.79 Å². The molecule has 5 heteroatoms. The molecule has 0 aromatic carbocycles. The summed E-state index contributed by atoms with van der Waals surface area (Å²) < 4.78 is 4.65. The van der Waals surface area contributed by atoms with Crippen molar-refractivity contribution in [3.8, 4) is 0 Å². The molecule has 82 valence electrons. The van der Waals surface area contributed by atoms with Crippen LogP contribution >= 0.6 is 0 Å². The summed E-state index contributed by atoms with van der Waals surface area (Å²) in [5.41, 5.74) is 0. The minimum Gasteiger partial charge on any atom is -0.453 e. The van der Waals surface area contributed by atoms with Crippen molar-refractivity contribution in [1.82, 2.24) is 4.90 Å². The molecule has 1 aliphatic rings. The van der Waals surface area contributed by atoms with Crippen LogP contribution in [0, 0.1) is 0 Å². The van der Waals surface area contributed by atoms with Crippen LogP contribution in [0.5, 0.6) is 0 Å². The van der Waals surface area contributed by atoms with Gasteiger partial charge in [0.15, 0.2) is 0 Å². The van der Waals surface area contributed by atoms with Crippen LogP contribution in [0.4, 0.5) is 4.79 Å². The van der Waals surface area contributed by atoms with Crippen molar-refractivity contribution in [1.29, 1.82) is 0 Å². The van der Waals surface area contributed by atoms with Crippen LogP contribution in [-0.4, -0.2) is 37.3 Å². The number of ether oxygens (including phenoxy) is 1. The minimum absolute atomic E-state index is 0.150. The number of nitrogens with two attached hydrogens (primary N) is 1. The third kappa shape index (κ3) is 2.59. The van der Waals surface area contributed by atoms with Gasteiger partial charge in [0.25, 0.3) is 0 Å². The Hall–Kier alpha value is -0.810. The second-order valence-electron chi connectivity index (χ2n) is 3.65. The monoisotopic (exact) mass is 202 g/mol. The molecule has 0 aromatic heterocycles. The van der Waals surface area contributed by atoms with Crippen molar-refractivity contribution in [3.05, 3.63) is 0 Å². The molecule has 1 amide bonds. The zero-order valence-electron chi connectivity index (χ0n) is 8.73. The number of hydrogen-bond acceptors (Lipinski definition) is 4. The number of hydrogen-bond donors (Lipinski definition) is 1. The third-order valence-electron chi connectivity index (χ3n) is 2.85. The minimum atomic E-state index is -0.276. The van der Waals surface area contributed by atoms with Crippen LogP contribution in [0.3, 0.4) is 0 Å². The van der Waals surface area contributed by atoms with Crippen molar-refractivity contribution in [2.24, 2.45) is 5.90 Å². The van der Waals surface area contributed by atoms with Gasteiger partial charge in [-0.2, -0.15) is 0 Å². The lowest BCUT2D eigenvalue weighted by Gasteiger charge is -2.32. The Bertz CT molecular complexity index is 190. The topological polar surface area (TPSA) is 64.8 Å². The Morgan fingerprint density at radius 2 is 1.93 bits per heavy atom. The quantitative estimate of drug-likeness (QED) is 0.675. The molecule has 1 saturated carbocycles. The van der Waals surface area contributed by atoms with E-state index < -0.39 is 0 Å². The van der Waals surface area contributed by atoms with Gasteiger partial charge >= 0.3 is 6.09 Å². The molecule has 0 heterocycles. The summed E-state index contributed by atoms with van der Waals surface area (Å²) in [5.74, 6) is 5.11. The lowest BCUT2D eigenvalue weighted by Crippen LogP contribution is -2.41. The van der Waals surface area contributed by atoms with E-state index in [1.54, 1.807) is 11.9 Å². The van der Waals surface area contributed by atoms with Gasteiger partial charge in [-0.05, 0) is 25.7 Å². The van der Waals surface area contributed by atoms with Gasteiger partial charge in [0.2, 0.25) is 0 Å². The Labute approximate surface area is 84.1 Å². The van der Waals surface area contributed by atoms with E-state index in [1.807, 2.05) is 0 Å². The first-order valence-electron chi connectivity index (χ1n) is 4.85. The van der Waals surface area contributed by atoms with Crippen LogP contribution in [0.25, 0.3) is 0 Å². The summed E-state index contributed by atoms with van der Waals surface area (Å²) in [7, 11) is 3.16. The van der Waals surface area contributed by atoms with Gasteiger partial charge in [-0.15, -0.1) is 0 Å². The number of methoxy groups -OCH3 is 1. The molecule has 0 aromatic rings. The lowest BCUT2D eigenvalue weighted by molar-refractivity contribution is 0.00970. The van der Waals surface area contributed by atoms with E-state index in [2.05, 4.69) is 4.74 Å². The first kappa shape index (κ1) is 11.3. The van der Waals surface area contributed by atoms with E-state index >= 15 is 0 Å². The summed E-state index contributed by atoms with van der Waals surface area (Å²) in [6.45, 7) is 0. The van der Waals surface area contributed by atoms with Crippen LogP contribution < -0.4 is 5.90 Å². The highest BCUT2D eigenvalue weighted by molar-refractivity contribution is 5.67. The van der Waals surface area contributed by atoms with Crippen LogP contribution in [-0.2, 0) is 9.57 Å². The van der Waals surface area contributed by atoms with Crippen LogP contribution in [0.15, 0.2) is 0 Å². The normalized spacial score (nSPS) is 27.1. The fraction of sp³-hybridized carbons (Fsp3) is 0.889. The Morgan fingerprint density at radius 3 is 2.36 bits per heavy atom. The Morgan fingerprint density at radius 1 is 1.36 bits per heavy atom. The Balaban J connectivity index is 2.37. The van der Waals surface area contributed by atoms with Crippen LogP contribution in [0.1, 0.15) is 25.7 Å². The first-order valence-corrected chi connectivity index (χ1v) is 4.85. The maximum absolute atomic E-state index is 11.2. The number of carbonyl (C=O) groups is 1. The fourth-order valence-corrected chi connectivity index (χ4v) is 1.86. The number of nitrogens with zero attached hydrogens (tertiary/aromatic N) is 1. The van der Waals surface area contributed by atoms with E-state index in [0.29, 0.717) is 0 Å². The summed E-state index contributed by atoms with van der Waals surface area (Å²) in [6.07, 6.45) is 3.53. The number of rotatable bonds is 2. The SMILES string of the molecule is COC(=O)N(C)C1CCC(ON)CC1. The van der Waals surface area contributed by atoms with Crippen molar-refractivity contribution >= 4 is 6.09 Å². The summed E-state index contributed by atoms with van der Waals surface area (Å²) in [5, 5.41) is 0. The summed E-state index contributed by atoms with van der Waals surface area (Å²) in [4.78, 5) is 17.6. The van der Waals surface area contributed by atoms with E-state index in [0.717, 1.165) is 25.7 Å². The average molecular weight is 202 g/mol. The number of carbonyl (C=O) groups excluding carboxylic acids is 1. The van der Waals surface area contributed by atoms with E-state index in [-0.39, 0.29) is 18.2 Å². The van der Waals surface area contributed by atoms with Gasteiger partial charge in [-0.3, -0.25) is 0 Å². The summed E-state index contributed by atoms with van der Waals surface area (Å²) >= 11 is 0. The molecule has 1 rings (SSSR count). The van der Waals surface area contributed by atoms with Gasteiger partial charge in [-0.25, -0.2) is 10.7 Å². The molecule has 1 fully saturated rings. The second-order valence-corrected chi connectivity index (χ2v) is 3.65. The van der Waals surface area contributed by atoms with E-state index in [1.165, 1.54) is 7.11 Å². The van der Waals surface area contributed by atoms with Gasteiger partial charge in [0.05, 0.1) is 13.2 Å². The molecular weight excluding hydrogens is 184 g/mol. The predicted molar refractivity (Wildman–Crippen MR) is 51.5 cm³/mol. The Kier molecular flexibility index (Phi) is 4.16. The zero-order chi connectivity index (χ0) is 10.6. The molecule has 0 unspecified atom stereocenters.